The van der Waals surface area contributed by atoms with Crippen LogP contribution in [0.15, 0.2) is 48.5 Å². The molecule has 0 radical (unpaired) electrons. The highest BCUT2D eigenvalue weighted by Gasteiger charge is 2.31. The number of nitrogens with two attached hydrogens (primary N) is 1. The summed E-state index contributed by atoms with van der Waals surface area (Å²) < 4.78 is 43.6. The molecule has 4 nitrogen and oxygen atoms in total. The SMILES string of the molecule is CC(=O)C(N)CC(C(=O)Oc1cccc(C(F)(F)F)c1)c1ccc(Cl)cc1. The molecule has 0 fully saturated rings. The van der Waals surface area contributed by atoms with Gasteiger partial charge in [0.1, 0.15) is 11.5 Å². The van der Waals surface area contributed by atoms with Crippen molar-refractivity contribution >= 4 is 23.4 Å². The van der Waals surface area contributed by atoms with Gasteiger partial charge in [-0.1, -0.05) is 29.8 Å². The van der Waals surface area contributed by atoms with Gasteiger partial charge < -0.3 is 10.5 Å². The van der Waals surface area contributed by atoms with Gasteiger partial charge in [0, 0.05) is 5.02 Å². The molecule has 0 spiro atoms. The van der Waals surface area contributed by atoms with E-state index in [2.05, 4.69) is 0 Å². The molecule has 2 aromatic rings. The van der Waals surface area contributed by atoms with E-state index in [1.807, 2.05) is 0 Å². The molecule has 0 aromatic heterocycles. The van der Waals surface area contributed by atoms with Crippen molar-refractivity contribution in [3.05, 3.63) is 64.7 Å². The average Bonchev–Trinajstić information content (AvgIpc) is 2.59. The zero-order valence-electron chi connectivity index (χ0n) is 14.3. The van der Waals surface area contributed by atoms with Crippen LogP contribution in [-0.4, -0.2) is 17.8 Å². The molecule has 0 saturated heterocycles. The number of alkyl halides is 3. The van der Waals surface area contributed by atoms with Crippen molar-refractivity contribution in [1.82, 2.24) is 0 Å². The molecule has 8 heteroatoms. The number of ketones is 1. The van der Waals surface area contributed by atoms with Crippen LogP contribution in [0, 0.1) is 0 Å². The van der Waals surface area contributed by atoms with E-state index in [1.54, 1.807) is 24.3 Å². The largest absolute Gasteiger partial charge is 0.426 e. The normalized spacial score (nSPS) is 13.7. The van der Waals surface area contributed by atoms with Crippen LogP contribution in [0.2, 0.25) is 5.02 Å². The minimum absolute atomic E-state index is 0.0469. The van der Waals surface area contributed by atoms with Gasteiger partial charge in [0.15, 0.2) is 0 Å². The summed E-state index contributed by atoms with van der Waals surface area (Å²) in [5, 5.41) is 0.444. The topological polar surface area (TPSA) is 69.4 Å². The molecule has 0 amide bonds. The minimum atomic E-state index is -4.56. The lowest BCUT2D eigenvalue weighted by atomic mass is 9.91. The smallest absolute Gasteiger partial charge is 0.416 e. The highest BCUT2D eigenvalue weighted by molar-refractivity contribution is 6.30. The molecule has 0 aliphatic heterocycles. The Balaban J connectivity index is 2.28. The van der Waals surface area contributed by atoms with Gasteiger partial charge in [-0.25, -0.2) is 0 Å². The third-order valence-corrected chi connectivity index (χ3v) is 4.20. The molecular formula is C19H17ClF3NO3. The maximum Gasteiger partial charge on any atom is 0.416 e. The van der Waals surface area contributed by atoms with Gasteiger partial charge in [-0.05, 0) is 49.2 Å². The molecule has 2 unspecified atom stereocenters. The van der Waals surface area contributed by atoms with Gasteiger partial charge >= 0.3 is 12.1 Å². The van der Waals surface area contributed by atoms with Crippen molar-refractivity contribution in [2.24, 2.45) is 5.73 Å². The summed E-state index contributed by atoms with van der Waals surface area (Å²) in [7, 11) is 0. The maximum absolute atomic E-state index is 12.8. The van der Waals surface area contributed by atoms with Crippen LogP contribution in [0.5, 0.6) is 5.75 Å². The monoisotopic (exact) mass is 399 g/mol. The summed E-state index contributed by atoms with van der Waals surface area (Å²) in [6.07, 6.45) is -4.61. The Kier molecular flexibility index (Phi) is 6.62. The van der Waals surface area contributed by atoms with Crippen LogP contribution in [-0.2, 0) is 15.8 Å². The van der Waals surface area contributed by atoms with Crippen LogP contribution < -0.4 is 10.5 Å². The fourth-order valence-electron chi connectivity index (χ4n) is 2.41. The van der Waals surface area contributed by atoms with E-state index in [0.29, 0.717) is 10.6 Å². The molecule has 144 valence electrons. The minimum Gasteiger partial charge on any atom is -0.426 e. The van der Waals surface area contributed by atoms with Crippen LogP contribution in [0.25, 0.3) is 0 Å². The molecule has 2 aromatic carbocycles. The number of Topliss-reactive ketones (excluding diaryl/α,β-unsaturated/α-hetero) is 1. The zero-order valence-corrected chi connectivity index (χ0v) is 15.1. The number of ether oxygens (including phenoxy) is 1. The number of hydrogen-bond acceptors (Lipinski definition) is 4. The Labute approximate surface area is 159 Å². The van der Waals surface area contributed by atoms with E-state index in [1.165, 1.54) is 13.0 Å². The van der Waals surface area contributed by atoms with Crippen LogP contribution in [0.3, 0.4) is 0 Å². The summed E-state index contributed by atoms with van der Waals surface area (Å²) in [6.45, 7) is 1.29. The summed E-state index contributed by atoms with van der Waals surface area (Å²) >= 11 is 5.84. The van der Waals surface area contributed by atoms with Crippen molar-refractivity contribution in [3.8, 4) is 5.75 Å². The standard InChI is InChI=1S/C19H17ClF3NO3/c1-11(25)17(24)10-16(12-5-7-14(20)8-6-12)18(26)27-15-4-2-3-13(9-15)19(21,22)23/h2-9,16-17H,10,24H2,1H3. The van der Waals surface area contributed by atoms with Crippen molar-refractivity contribution < 1.29 is 27.5 Å². The third kappa shape index (κ3) is 5.80. The molecule has 0 aliphatic rings. The third-order valence-electron chi connectivity index (χ3n) is 3.95. The zero-order chi connectivity index (χ0) is 20.2. The molecule has 0 saturated carbocycles. The average molecular weight is 400 g/mol. The summed E-state index contributed by atoms with van der Waals surface area (Å²) in [4.78, 5) is 24.1. The quantitative estimate of drug-likeness (QED) is 0.579. The van der Waals surface area contributed by atoms with Gasteiger partial charge in [-0.15, -0.1) is 0 Å². The first-order valence-corrected chi connectivity index (χ1v) is 8.36. The highest BCUT2D eigenvalue weighted by atomic mass is 35.5. The molecule has 0 aliphatic carbocycles. The lowest BCUT2D eigenvalue weighted by Crippen LogP contribution is -2.33. The number of benzene rings is 2. The van der Waals surface area contributed by atoms with Crippen molar-refractivity contribution in [2.75, 3.05) is 0 Å². The number of halogens is 4. The van der Waals surface area contributed by atoms with Crippen LogP contribution >= 0.6 is 11.6 Å². The first-order valence-electron chi connectivity index (χ1n) is 7.98. The number of carbonyl (C=O) groups excluding carboxylic acids is 2. The predicted octanol–water partition coefficient (Wildman–Crippen LogP) is 4.35. The molecule has 2 atom stereocenters. The lowest BCUT2D eigenvalue weighted by molar-refractivity contribution is -0.139. The van der Waals surface area contributed by atoms with Gasteiger partial charge in [-0.2, -0.15) is 13.2 Å². The first-order chi connectivity index (χ1) is 12.6. The molecule has 0 heterocycles. The Hall–Kier alpha value is -2.38. The number of rotatable bonds is 6. The first kappa shape index (κ1) is 20.9. The number of carbonyl (C=O) groups is 2. The van der Waals surface area contributed by atoms with Crippen LogP contribution in [0.1, 0.15) is 30.4 Å². The molecule has 2 N–H and O–H groups in total. The second-order valence-corrected chi connectivity index (χ2v) is 6.44. The fraction of sp³-hybridized carbons (Fsp3) is 0.263. The maximum atomic E-state index is 12.8. The van der Waals surface area contributed by atoms with Gasteiger partial charge in [-0.3, -0.25) is 9.59 Å². The number of esters is 1. The van der Waals surface area contributed by atoms with Crippen molar-refractivity contribution in [3.63, 3.8) is 0 Å². The van der Waals surface area contributed by atoms with Crippen LogP contribution in [0.4, 0.5) is 13.2 Å². The Morgan fingerprint density at radius 1 is 1.15 bits per heavy atom. The van der Waals surface area contributed by atoms with Gasteiger partial charge in [0.25, 0.3) is 0 Å². The Bertz CT molecular complexity index is 822. The summed E-state index contributed by atoms with van der Waals surface area (Å²) in [5.74, 6) is -2.31. The second kappa shape index (κ2) is 8.54. The van der Waals surface area contributed by atoms with E-state index in [0.717, 1.165) is 18.2 Å². The highest BCUT2D eigenvalue weighted by Crippen LogP contribution is 2.32. The summed E-state index contributed by atoms with van der Waals surface area (Å²) in [5.41, 5.74) is 5.32. The van der Waals surface area contributed by atoms with Crippen molar-refractivity contribution in [1.29, 1.82) is 0 Å². The van der Waals surface area contributed by atoms with Gasteiger partial charge in [0.2, 0.25) is 0 Å². The van der Waals surface area contributed by atoms with E-state index >= 15 is 0 Å². The Morgan fingerprint density at radius 2 is 1.78 bits per heavy atom. The van der Waals surface area contributed by atoms with E-state index in [-0.39, 0.29) is 18.0 Å². The van der Waals surface area contributed by atoms with E-state index < -0.39 is 29.7 Å². The van der Waals surface area contributed by atoms with Crippen molar-refractivity contribution in [2.45, 2.75) is 31.5 Å². The van der Waals surface area contributed by atoms with Gasteiger partial charge in [0.05, 0.1) is 17.5 Å². The fourth-order valence-corrected chi connectivity index (χ4v) is 2.53. The summed E-state index contributed by atoms with van der Waals surface area (Å²) in [6, 6.07) is 9.35. The Morgan fingerprint density at radius 3 is 2.33 bits per heavy atom. The molecule has 2 rings (SSSR count). The molecule has 27 heavy (non-hydrogen) atoms. The van der Waals surface area contributed by atoms with E-state index in [4.69, 9.17) is 22.1 Å². The second-order valence-electron chi connectivity index (χ2n) is 6.00. The molecule has 0 bridgehead atoms. The number of hydrogen-bond donors (Lipinski definition) is 1. The van der Waals surface area contributed by atoms with E-state index in [9.17, 15) is 22.8 Å². The predicted molar refractivity (Wildman–Crippen MR) is 94.5 cm³/mol. The lowest BCUT2D eigenvalue weighted by Gasteiger charge is -2.19. The molecular weight excluding hydrogens is 383 g/mol.